The minimum atomic E-state index is -1.20. The van der Waals surface area contributed by atoms with Gasteiger partial charge in [0.25, 0.3) is 0 Å². The maximum atomic E-state index is 12.7. The van der Waals surface area contributed by atoms with E-state index in [1.807, 2.05) is 45.0 Å². The highest BCUT2D eigenvalue weighted by atomic mass is 32.2. The third-order valence-corrected chi connectivity index (χ3v) is 5.23. The molecule has 2 aromatic rings. The van der Waals surface area contributed by atoms with Crippen molar-refractivity contribution in [2.45, 2.75) is 45.4 Å². The molecule has 0 amide bonds. The molecular formula is C19H26N2OS. The van der Waals surface area contributed by atoms with Crippen molar-refractivity contribution in [2.75, 3.05) is 5.73 Å². The third kappa shape index (κ3) is 4.43. The van der Waals surface area contributed by atoms with E-state index in [1.54, 1.807) is 0 Å². The summed E-state index contributed by atoms with van der Waals surface area (Å²) < 4.78 is 15.6. The van der Waals surface area contributed by atoms with Gasteiger partial charge < -0.3 is 5.73 Å². The Morgan fingerprint density at radius 3 is 2.13 bits per heavy atom. The molecule has 23 heavy (non-hydrogen) atoms. The van der Waals surface area contributed by atoms with Crippen LogP contribution in [0.5, 0.6) is 0 Å². The van der Waals surface area contributed by atoms with Gasteiger partial charge in [-0.05, 0) is 51.8 Å². The predicted molar refractivity (Wildman–Crippen MR) is 99.6 cm³/mol. The van der Waals surface area contributed by atoms with Gasteiger partial charge in [-0.15, -0.1) is 0 Å². The van der Waals surface area contributed by atoms with Crippen molar-refractivity contribution in [3.05, 3.63) is 64.7 Å². The van der Waals surface area contributed by atoms with Crippen LogP contribution in [0.25, 0.3) is 0 Å². The first-order valence-corrected chi connectivity index (χ1v) is 8.94. The second kappa shape index (κ2) is 6.85. The molecule has 0 radical (unpaired) electrons. The molecule has 3 N–H and O–H groups in total. The first-order valence-electron chi connectivity index (χ1n) is 7.79. The average Bonchev–Trinajstić information content (AvgIpc) is 2.43. The zero-order chi connectivity index (χ0) is 17.2. The first kappa shape index (κ1) is 17.7. The Bertz CT molecular complexity index is 699. The van der Waals surface area contributed by atoms with Crippen molar-refractivity contribution in [1.29, 1.82) is 0 Å². The maximum Gasteiger partial charge on any atom is 0.0979 e. The number of para-hydroxylation sites is 1. The fraction of sp³-hybridized carbons (Fsp3) is 0.368. The molecule has 0 unspecified atom stereocenters. The van der Waals surface area contributed by atoms with Gasteiger partial charge in [0.1, 0.15) is 0 Å². The molecule has 0 saturated carbocycles. The third-order valence-electron chi connectivity index (χ3n) is 3.67. The van der Waals surface area contributed by atoms with Crippen LogP contribution in [-0.2, 0) is 11.0 Å². The highest BCUT2D eigenvalue weighted by Crippen LogP contribution is 2.29. The summed E-state index contributed by atoms with van der Waals surface area (Å²) in [6.07, 6.45) is 0. The van der Waals surface area contributed by atoms with Crippen molar-refractivity contribution >= 4 is 16.7 Å². The standard InChI is InChI=1S/C19H26N2OS/c1-13-10-14(2)12-15(11-13)18(21-23(22)19(3,4)5)16-8-6-7-9-17(16)20/h6-12,18,21H,20H2,1-5H3/t18-,23-/m1/s1. The van der Waals surface area contributed by atoms with Crippen molar-refractivity contribution < 1.29 is 4.21 Å². The minimum Gasteiger partial charge on any atom is -0.398 e. The Balaban J connectivity index is 2.51. The number of anilines is 1. The summed E-state index contributed by atoms with van der Waals surface area (Å²) in [5.74, 6) is 0. The molecule has 3 nitrogen and oxygen atoms in total. The highest BCUT2D eigenvalue weighted by Gasteiger charge is 2.25. The van der Waals surface area contributed by atoms with Crippen LogP contribution >= 0.6 is 0 Å². The molecule has 4 heteroatoms. The summed E-state index contributed by atoms with van der Waals surface area (Å²) in [6, 6.07) is 13.9. The monoisotopic (exact) mass is 330 g/mol. The number of nitrogen functional groups attached to an aromatic ring is 1. The Morgan fingerprint density at radius 2 is 1.61 bits per heavy atom. The average molecular weight is 330 g/mol. The van der Waals surface area contributed by atoms with Gasteiger partial charge in [0.2, 0.25) is 0 Å². The summed E-state index contributed by atoms with van der Waals surface area (Å²) in [7, 11) is -1.20. The molecule has 0 aromatic heterocycles. The van der Waals surface area contributed by atoms with E-state index in [2.05, 4.69) is 36.8 Å². The highest BCUT2D eigenvalue weighted by molar-refractivity contribution is 7.84. The van der Waals surface area contributed by atoms with Crippen molar-refractivity contribution in [2.24, 2.45) is 0 Å². The largest absolute Gasteiger partial charge is 0.398 e. The van der Waals surface area contributed by atoms with Gasteiger partial charge in [-0.3, -0.25) is 0 Å². The van der Waals surface area contributed by atoms with Gasteiger partial charge in [0.15, 0.2) is 0 Å². The number of hydrogen-bond donors (Lipinski definition) is 2. The van der Waals surface area contributed by atoms with E-state index < -0.39 is 11.0 Å². The van der Waals surface area contributed by atoms with Crippen LogP contribution in [0.15, 0.2) is 42.5 Å². The second-order valence-corrected chi connectivity index (χ2v) is 8.98. The number of rotatable bonds is 4. The van der Waals surface area contributed by atoms with Gasteiger partial charge in [0.05, 0.1) is 21.8 Å². The lowest BCUT2D eigenvalue weighted by atomic mass is 9.95. The summed E-state index contributed by atoms with van der Waals surface area (Å²) in [5, 5.41) is 0. The smallest absolute Gasteiger partial charge is 0.0979 e. The summed E-state index contributed by atoms with van der Waals surface area (Å²) in [5.41, 5.74) is 11.3. The molecule has 0 heterocycles. The van der Waals surface area contributed by atoms with Crippen molar-refractivity contribution in [1.82, 2.24) is 4.72 Å². The number of benzene rings is 2. The number of hydrogen-bond acceptors (Lipinski definition) is 2. The van der Waals surface area contributed by atoms with E-state index in [0.717, 1.165) is 11.1 Å². The Hall–Kier alpha value is -1.65. The molecule has 0 saturated heterocycles. The van der Waals surface area contributed by atoms with Crippen LogP contribution in [-0.4, -0.2) is 8.96 Å². The molecule has 0 bridgehead atoms. The summed E-state index contributed by atoms with van der Waals surface area (Å²) >= 11 is 0. The number of aryl methyl sites for hydroxylation is 2. The van der Waals surface area contributed by atoms with Gasteiger partial charge >= 0.3 is 0 Å². The van der Waals surface area contributed by atoms with Gasteiger partial charge in [-0.25, -0.2) is 8.93 Å². The summed E-state index contributed by atoms with van der Waals surface area (Å²) in [6.45, 7) is 10.0. The van der Waals surface area contributed by atoms with Crippen LogP contribution < -0.4 is 10.5 Å². The van der Waals surface area contributed by atoms with Gasteiger partial charge in [0, 0.05) is 5.69 Å². The van der Waals surface area contributed by atoms with E-state index in [1.165, 1.54) is 11.1 Å². The zero-order valence-corrected chi connectivity index (χ0v) is 15.3. The molecule has 0 aliphatic rings. The topological polar surface area (TPSA) is 55.1 Å². The van der Waals surface area contributed by atoms with Gasteiger partial charge in [-0.2, -0.15) is 0 Å². The Kier molecular flexibility index (Phi) is 5.27. The number of nitrogens with two attached hydrogens (primary N) is 1. The zero-order valence-electron chi connectivity index (χ0n) is 14.5. The predicted octanol–water partition coefficient (Wildman–Crippen LogP) is 4.03. The van der Waals surface area contributed by atoms with E-state index >= 15 is 0 Å². The van der Waals surface area contributed by atoms with Crippen LogP contribution in [0.2, 0.25) is 0 Å². The second-order valence-electron chi connectivity index (χ2n) is 6.98. The van der Waals surface area contributed by atoms with Crippen molar-refractivity contribution in [3.63, 3.8) is 0 Å². The molecule has 0 aliphatic heterocycles. The normalized spacial score (nSPS) is 14.5. The van der Waals surface area contributed by atoms with Crippen LogP contribution in [0.1, 0.15) is 49.1 Å². The first-order chi connectivity index (χ1) is 10.7. The summed E-state index contributed by atoms with van der Waals surface area (Å²) in [4.78, 5) is 0. The molecular weight excluding hydrogens is 304 g/mol. The molecule has 0 aliphatic carbocycles. The Labute approximate surface area is 141 Å². The van der Waals surface area contributed by atoms with Crippen molar-refractivity contribution in [3.8, 4) is 0 Å². The van der Waals surface area contributed by atoms with E-state index in [0.29, 0.717) is 5.69 Å². The van der Waals surface area contributed by atoms with E-state index in [4.69, 9.17) is 5.73 Å². The molecule has 2 aromatic carbocycles. The molecule has 2 rings (SSSR count). The quantitative estimate of drug-likeness (QED) is 0.832. The lowest BCUT2D eigenvalue weighted by Gasteiger charge is -2.26. The molecule has 2 atom stereocenters. The van der Waals surface area contributed by atoms with Crippen LogP contribution in [0.3, 0.4) is 0 Å². The fourth-order valence-corrected chi connectivity index (χ4v) is 3.38. The SMILES string of the molecule is Cc1cc(C)cc([C@@H](N[S@](=O)C(C)(C)C)c2ccccc2N)c1. The van der Waals surface area contributed by atoms with Gasteiger partial charge in [-0.1, -0.05) is 47.5 Å². The number of nitrogens with one attached hydrogen (secondary N) is 1. The van der Waals surface area contributed by atoms with E-state index in [-0.39, 0.29) is 10.8 Å². The van der Waals surface area contributed by atoms with Crippen LogP contribution in [0.4, 0.5) is 5.69 Å². The Morgan fingerprint density at radius 1 is 1.04 bits per heavy atom. The fourth-order valence-electron chi connectivity index (χ4n) is 2.55. The molecule has 0 fully saturated rings. The minimum absolute atomic E-state index is 0.199. The van der Waals surface area contributed by atoms with Crippen LogP contribution in [0, 0.1) is 13.8 Å². The maximum absolute atomic E-state index is 12.7. The lowest BCUT2D eigenvalue weighted by molar-refractivity contribution is 0.623. The molecule has 124 valence electrons. The lowest BCUT2D eigenvalue weighted by Crippen LogP contribution is -2.36. The molecule has 0 spiro atoms. The van der Waals surface area contributed by atoms with E-state index in [9.17, 15) is 4.21 Å².